The molecule has 4 rings (SSSR count). The number of halogens is 1. The Morgan fingerprint density at radius 2 is 1.71 bits per heavy atom. The largest absolute Gasteiger partial charge is 0.308 e. The highest BCUT2D eigenvalue weighted by Crippen LogP contribution is 2.31. The molecule has 1 saturated carbocycles. The van der Waals surface area contributed by atoms with Crippen LogP contribution in [0.4, 0.5) is 5.69 Å². The summed E-state index contributed by atoms with van der Waals surface area (Å²) in [7, 11) is -3.59. The fraction of sp³-hybridized carbons (Fsp3) is 0.458. The number of sulfonamides is 1. The zero-order chi connectivity index (χ0) is 21.8. The molecule has 1 N–H and O–H groups in total. The van der Waals surface area contributed by atoms with Crippen LogP contribution in [0.2, 0.25) is 5.02 Å². The lowest BCUT2D eigenvalue weighted by Crippen LogP contribution is -2.37. The first kappa shape index (κ1) is 22.3. The molecule has 0 unspecified atom stereocenters. The van der Waals surface area contributed by atoms with E-state index in [9.17, 15) is 13.2 Å². The summed E-state index contributed by atoms with van der Waals surface area (Å²) in [4.78, 5) is 15.1. The highest BCUT2D eigenvalue weighted by Gasteiger charge is 2.27. The van der Waals surface area contributed by atoms with Gasteiger partial charge in [-0.2, -0.15) is 0 Å². The van der Waals surface area contributed by atoms with Gasteiger partial charge >= 0.3 is 0 Å². The van der Waals surface area contributed by atoms with Crippen molar-refractivity contribution in [2.45, 2.75) is 68.7 Å². The van der Waals surface area contributed by atoms with Crippen LogP contribution in [-0.4, -0.2) is 26.9 Å². The Kier molecular flexibility index (Phi) is 6.99. The van der Waals surface area contributed by atoms with Gasteiger partial charge in [0.25, 0.3) is 5.91 Å². The summed E-state index contributed by atoms with van der Waals surface area (Å²) in [6, 6.07) is 12.0. The van der Waals surface area contributed by atoms with Gasteiger partial charge in [-0.3, -0.25) is 4.79 Å². The maximum absolute atomic E-state index is 13.1. The van der Waals surface area contributed by atoms with Crippen LogP contribution in [0.25, 0.3) is 0 Å². The first-order valence-electron chi connectivity index (χ1n) is 11.2. The SMILES string of the molecule is O=C(c1cccc(Cl)c1)N1CCCc2cc(S(=O)(=O)NC3CCCCCCC3)ccc21. The molecule has 166 valence electrons. The number of aryl methyl sites for hydroxylation is 1. The van der Waals surface area contributed by atoms with Crippen molar-refractivity contribution in [1.29, 1.82) is 0 Å². The zero-order valence-electron chi connectivity index (χ0n) is 17.6. The van der Waals surface area contributed by atoms with Crippen molar-refractivity contribution in [2.24, 2.45) is 0 Å². The summed E-state index contributed by atoms with van der Waals surface area (Å²) in [5, 5.41) is 0.518. The lowest BCUT2D eigenvalue weighted by Gasteiger charge is -2.30. The molecule has 5 nitrogen and oxygen atoms in total. The maximum Gasteiger partial charge on any atom is 0.258 e. The summed E-state index contributed by atoms with van der Waals surface area (Å²) < 4.78 is 29.0. The number of nitrogens with zero attached hydrogens (tertiary/aromatic N) is 1. The van der Waals surface area contributed by atoms with Crippen LogP contribution in [0.1, 0.15) is 67.3 Å². The first-order valence-corrected chi connectivity index (χ1v) is 13.0. The van der Waals surface area contributed by atoms with E-state index in [1.807, 2.05) is 0 Å². The summed E-state index contributed by atoms with van der Waals surface area (Å²) >= 11 is 6.05. The summed E-state index contributed by atoms with van der Waals surface area (Å²) in [6.45, 7) is 0.602. The van der Waals surface area contributed by atoms with Crippen LogP contribution in [0, 0.1) is 0 Å². The Morgan fingerprint density at radius 1 is 0.968 bits per heavy atom. The average molecular weight is 461 g/mol. The lowest BCUT2D eigenvalue weighted by atomic mass is 9.97. The van der Waals surface area contributed by atoms with Crippen LogP contribution < -0.4 is 9.62 Å². The van der Waals surface area contributed by atoms with Gasteiger partial charge in [-0.05, 0) is 67.6 Å². The molecule has 0 bridgehead atoms. The number of hydrogen-bond donors (Lipinski definition) is 1. The predicted octanol–water partition coefficient (Wildman–Crippen LogP) is 5.32. The van der Waals surface area contributed by atoms with Gasteiger partial charge in [0, 0.05) is 28.9 Å². The van der Waals surface area contributed by atoms with Gasteiger partial charge in [0.05, 0.1) is 4.90 Å². The van der Waals surface area contributed by atoms with Gasteiger partial charge in [0.1, 0.15) is 0 Å². The van der Waals surface area contributed by atoms with E-state index < -0.39 is 10.0 Å². The maximum atomic E-state index is 13.1. The monoisotopic (exact) mass is 460 g/mol. The average Bonchev–Trinajstić information content (AvgIpc) is 2.74. The topological polar surface area (TPSA) is 66.5 Å². The molecule has 2 aromatic carbocycles. The van der Waals surface area contributed by atoms with Crippen LogP contribution in [0.3, 0.4) is 0 Å². The molecule has 2 aliphatic rings. The normalized spacial score (nSPS) is 18.2. The van der Waals surface area contributed by atoms with E-state index in [1.54, 1.807) is 47.4 Å². The Bertz CT molecular complexity index is 1050. The number of anilines is 1. The Labute approximate surface area is 189 Å². The van der Waals surface area contributed by atoms with E-state index in [4.69, 9.17) is 11.6 Å². The molecule has 1 heterocycles. The van der Waals surface area contributed by atoms with Gasteiger partial charge in [0.15, 0.2) is 0 Å². The fourth-order valence-electron chi connectivity index (χ4n) is 4.59. The zero-order valence-corrected chi connectivity index (χ0v) is 19.2. The molecule has 0 saturated heterocycles. The Balaban J connectivity index is 1.55. The fourth-order valence-corrected chi connectivity index (χ4v) is 6.14. The highest BCUT2D eigenvalue weighted by atomic mass is 35.5. The number of fused-ring (bicyclic) bond motifs is 1. The quantitative estimate of drug-likeness (QED) is 0.671. The third-order valence-corrected chi connectivity index (χ3v) is 7.98. The predicted molar refractivity (Wildman–Crippen MR) is 124 cm³/mol. The van der Waals surface area contributed by atoms with Crippen molar-refractivity contribution in [2.75, 3.05) is 11.4 Å². The van der Waals surface area contributed by atoms with Crippen molar-refractivity contribution in [3.8, 4) is 0 Å². The Hall–Kier alpha value is -1.89. The number of rotatable bonds is 4. The molecule has 0 aromatic heterocycles. The minimum atomic E-state index is -3.59. The molecule has 1 fully saturated rings. The third-order valence-electron chi connectivity index (χ3n) is 6.22. The summed E-state index contributed by atoms with van der Waals surface area (Å²) in [5.41, 5.74) is 2.20. The van der Waals surface area contributed by atoms with Crippen LogP contribution in [0.5, 0.6) is 0 Å². The number of amides is 1. The van der Waals surface area contributed by atoms with E-state index in [0.29, 0.717) is 17.1 Å². The standard InChI is InChI=1S/C24H29ClN2O3S/c25-20-10-6-8-19(16-20)24(28)27-15-7-9-18-17-22(13-14-23(18)27)31(29,30)26-21-11-4-2-1-3-5-12-21/h6,8,10,13-14,16-17,21,26H,1-5,7,9,11-12,15H2. The minimum Gasteiger partial charge on any atom is -0.308 e. The van der Waals surface area contributed by atoms with Gasteiger partial charge in [-0.25, -0.2) is 13.1 Å². The van der Waals surface area contributed by atoms with Crippen molar-refractivity contribution < 1.29 is 13.2 Å². The van der Waals surface area contributed by atoms with Crippen molar-refractivity contribution in [1.82, 2.24) is 4.72 Å². The molecular weight excluding hydrogens is 432 g/mol. The molecule has 1 aliphatic heterocycles. The molecular formula is C24H29ClN2O3S. The number of hydrogen-bond acceptors (Lipinski definition) is 3. The van der Waals surface area contributed by atoms with E-state index in [-0.39, 0.29) is 16.8 Å². The van der Waals surface area contributed by atoms with Gasteiger partial charge in [-0.15, -0.1) is 0 Å². The van der Waals surface area contributed by atoms with E-state index >= 15 is 0 Å². The van der Waals surface area contributed by atoms with Gasteiger partial charge in [0.2, 0.25) is 10.0 Å². The second kappa shape index (κ2) is 9.72. The molecule has 7 heteroatoms. The van der Waals surface area contributed by atoms with E-state index in [2.05, 4.69) is 4.72 Å². The second-order valence-electron chi connectivity index (χ2n) is 8.52. The van der Waals surface area contributed by atoms with Crippen LogP contribution in [-0.2, 0) is 16.4 Å². The lowest BCUT2D eigenvalue weighted by molar-refractivity contribution is 0.0985. The Morgan fingerprint density at radius 3 is 2.45 bits per heavy atom. The summed E-state index contributed by atoms with van der Waals surface area (Å²) in [5.74, 6) is -0.119. The van der Waals surface area contributed by atoms with Crippen molar-refractivity contribution >= 4 is 33.2 Å². The first-order chi connectivity index (χ1) is 14.9. The molecule has 31 heavy (non-hydrogen) atoms. The number of carbonyl (C=O) groups excluding carboxylic acids is 1. The number of carbonyl (C=O) groups is 1. The summed E-state index contributed by atoms with van der Waals surface area (Å²) in [6.07, 6.45) is 9.06. The van der Waals surface area contributed by atoms with Crippen molar-refractivity contribution in [3.63, 3.8) is 0 Å². The van der Waals surface area contributed by atoms with Gasteiger partial charge in [-0.1, -0.05) is 49.8 Å². The molecule has 0 atom stereocenters. The molecule has 0 radical (unpaired) electrons. The van der Waals surface area contributed by atoms with Gasteiger partial charge < -0.3 is 4.90 Å². The van der Waals surface area contributed by atoms with Crippen LogP contribution >= 0.6 is 11.6 Å². The molecule has 1 amide bonds. The third kappa shape index (κ3) is 5.30. The van der Waals surface area contributed by atoms with Crippen LogP contribution in [0.15, 0.2) is 47.4 Å². The van der Waals surface area contributed by atoms with Crippen molar-refractivity contribution in [3.05, 3.63) is 58.6 Å². The number of benzene rings is 2. The van der Waals surface area contributed by atoms with E-state index in [1.165, 1.54) is 19.3 Å². The number of nitrogens with one attached hydrogen (secondary N) is 1. The second-order valence-corrected chi connectivity index (χ2v) is 10.7. The highest BCUT2D eigenvalue weighted by molar-refractivity contribution is 7.89. The molecule has 1 aliphatic carbocycles. The smallest absolute Gasteiger partial charge is 0.258 e. The molecule has 0 spiro atoms. The molecule has 2 aromatic rings. The van der Waals surface area contributed by atoms with E-state index in [0.717, 1.165) is 49.8 Å². The minimum absolute atomic E-state index is 0.00207.